The molecule has 98 valence electrons. The normalized spacial score (nSPS) is 14.4. The molecule has 0 N–H and O–H groups in total. The van der Waals surface area contributed by atoms with Crippen LogP contribution >= 0.6 is 11.6 Å². The molecule has 1 aromatic carbocycles. The molecule has 18 heavy (non-hydrogen) atoms. The summed E-state index contributed by atoms with van der Waals surface area (Å²) in [5.74, 6) is 1.95. The second-order valence-corrected chi connectivity index (χ2v) is 5.10. The van der Waals surface area contributed by atoms with E-state index in [1.807, 2.05) is 0 Å². The van der Waals surface area contributed by atoms with Crippen LogP contribution in [0.25, 0.3) is 0 Å². The summed E-state index contributed by atoms with van der Waals surface area (Å²) < 4.78 is 11.1. The second-order valence-electron chi connectivity index (χ2n) is 4.69. The highest BCUT2D eigenvalue weighted by molar-refractivity contribution is 6.31. The van der Waals surface area contributed by atoms with E-state index < -0.39 is 0 Å². The lowest BCUT2D eigenvalue weighted by atomic mass is 10.1. The first-order valence-corrected chi connectivity index (χ1v) is 6.47. The third-order valence-corrected chi connectivity index (χ3v) is 3.33. The van der Waals surface area contributed by atoms with Crippen LogP contribution in [0.5, 0.6) is 11.5 Å². The molecule has 0 radical (unpaired) electrons. The number of halogens is 1. The molecule has 0 bridgehead atoms. The zero-order valence-corrected chi connectivity index (χ0v) is 11.4. The standard InChI is InChI=1S/C14H17ClO3/c1-9(16)7-11-12(15)5-6-13(17-2)14(11)18-8-10-3-4-10/h5-6,10H,3-4,7-8H2,1-2H3. The molecular weight excluding hydrogens is 252 g/mol. The number of hydrogen-bond acceptors (Lipinski definition) is 3. The maximum atomic E-state index is 11.3. The van der Waals surface area contributed by atoms with Gasteiger partial charge in [-0.05, 0) is 37.8 Å². The molecule has 0 spiro atoms. The predicted molar refractivity (Wildman–Crippen MR) is 70.6 cm³/mol. The monoisotopic (exact) mass is 268 g/mol. The van der Waals surface area contributed by atoms with E-state index in [0.29, 0.717) is 29.0 Å². The molecule has 4 heteroatoms. The minimum absolute atomic E-state index is 0.0569. The number of ketones is 1. The molecule has 1 aromatic rings. The molecule has 1 fully saturated rings. The first-order valence-electron chi connectivity index (χ1n) is 6.09. The van der Waals surface area contributed by atoms with Crippen LogP contribution in [-0.4, -0.2) is 19.5 Å². The van der Waals surface area contributed by atoms with Crippen molar-refractivity contribution in [2.24, 2.45) is 5.92 Å². The summed E-state index contributed by atoms with van der Waals surface area (Å²) >= 11 is 6.15. The van der Waals surface area contributed by atoms with Gasteiger partial charge in [-0.1, -0.05) is 11.6 Å². The molecule has 0 aliphatic heterocycles. The lowest BCUT2D eigenvalue weighted by Gasteiger charge is -2.15. The molecule has 0 saturated heterocycles. The van der Waals surface area contributed by atoms with Crippen molar-refractivity contribution in [3.63, 3.8) is 0 Å². The van der Waals surface area contributed by atoms with Gasteiger partial charge in [-0.3, -0.25) is 4.79 Å². The summed E-state index contributed by atoms with van der Waals surface area (Å²) in [6, 6.07) is 3.51. The topological polar surface area (TPSA) is 35.5 Å². The number of Topliss-reactive ketones (excluding diaryl/α,β-unsaturated/α-hetero) is 1. The fourth-order valence-electron chi connectivity index (χ4n) is 1.80. The van der Waals surface area contributed by atoms with Gasteiger partial charge < -0.3 is 9.47 Å². The molecule has 1 saturated carbocycles. The highest BCUT2D eigenvalue weighted by Gasteiger charge is 2.24. The van der Waals surface area contributed by atoms with Crippen LogP contribution < -0.4 is 9.47 Å². The van der Waals surface area contributed by atoms with E-state index in [1.54, 1.807) is 26.2 Å². The number of carbonyl (C=O) groups excluding carboxylic acids is 1. The van der Waals surface area contributed by atoms with Crippen molar-refractivity contribution < 1.29 is 14.3 Å². The van der Waals surface area contributed by atoms with E-state index in [4.69, 9.17) is 21.1 Å². The molecule has 0 unspecified atom stereocenters. The smallest absolute Gasteiger partial charge is 0.166 e. The van der Waals surface area contributed by atoms with Crippen molar-refractivity contribution in [2.75, 3.05) is 13.7 Å². The maximum Gasteiger partial charge on any atom is 0.166 e. The Bertz CT molecular complexity index is 453. The lowest BCUT2D eigenvalue weighted by Crippen LogP contribution is -2.06. The summed E-state index contributed by atoms with van der Waals surface area (Å²) in [4.78, 5) is 11.3. The molecule has 0 aromatic heterocycles. The Balaban J connectivity index is 2.28. The Morgan fingerprint density at radius 1 is 1.44 bits per heavy atom. The molecule has 3 nitrogen and oxygen atoms in total. The molecular formula is C14H17ClO3. The molecule has 0 heterocycles. The quantitative estimate of drug-likeness (QED) is 0.794. The van der Waals surface area contributed by atoms with E-state index in [1.165, 1.54) is 12.8 Å². The SMILES string of the molecule is COc1ccc(Cl)c(CC(C)=O)c1OCC1CC1. The van der Waals surface area contributed by atoms with Crippen molar-refractivity contribution in [1.29, 1.82) is 0 Å². The lowest BCUT2D eigenvalue weighted by molar-refractivity contribution is -0.116. The third-order valence-electron chi connectivity index (χ3n) is 2.97. The van der Waals surface area contributed by atoms with Crippen LogP contribution in [0, 0.1) is 5.92 Å². The number of hydrogen-bond donors (Lipinski definition) is 0. The number of ether oxygens (including phenoxy) is 2. The van der Waals surface area contributed by atoms with Gasteiger partial charge in [0.15, 0.2) is 11.5 Å². The van der Waals surface area contributed by atoms with E-state index >= 15 is 0 Å². The summed E-state index contributed by atoms with van der Waals surface area (Å²) in [6.07, 6.45) is 2.70. The van der Waals surface area contributed by atoms with E-state index in [0.717, 1.165) is 5.56 Å². The average Bonchev–Trinajstić information content (AvgIpc) is 3.13. The minimum Gasteiger partial charge on any atom is -0.493 e. The van der Waals surface area contributed by atoms with Crippen molar-refractivity contribution in [2.45, 2.75) is 26.2 Å². The van der Waals surface area contributed by atoms with Gasteiger partial charge in [-0.2, -0.15) is 0 Å². The molecule has 1 aliphatic carbocycles. The van der Waals surface area contributed by atoms with Gasteiger partial charge in [0.05, 0.1) is 13.7 Å². The third kappa shape index (κ3) is 3.16. The van der Waals surface area contributed by atoms with Crippen LogP contribution in [0.15, 0.2) is 12.1 Å². The first kappa shape index (κ1) is 13.2. The predicted octanol–water partition coefficient (Wildman–Crippen LogP) is 3.27. The van der Waals surface area contributed by atoms with Crippen molar-refractivity contribution in [3.05, 3.63) is 22.7 Å². The largest absolute Gasteiger partial charge is 0.493 e. The maximum absolute atomic E-state index is 11.3. The van der Waals surface area contributed by atoms with Gasteiger partial charge >= 0.3 is 0 Å². The Labute approximate surface area is 112 Å². The number of carbonyl (C=O) groups is 1. The summed E-state index contributed by atoms with van der Waals surface area (Å²) in [5, 5.41) is 0.553. The Kier molecular flexibility index (Phi) is 4.12. The Hall–Kier alpha value is -1.22. The van der Waals surface area contributed by atoms with E-state index in [-0.39, 0.29) is 12.2 Å². The van der Waals surface area contributed by atoms with Gasteiger partial charge in [0.25, 0.3) is 0 Å². The van der Waals surface area contributed by atoms with Crippen molar-refractivity contribution >= 4 is 17.4 Å². The van der Waals surface area contributed by atoms with E-state index in [2.05, 4.69) is 0 Å². The van der Waals surface area contributed by atoms with Crippen LogP contribution in [0.1, 0.15) is 25.3 Å². The Morgan fingerprint density at radius 2 is 2.17 bits per heavy atom. The zero-order chi connectivity index (χ0) is 13.1. The second kappa shape index (κ2) is 5.61. The highest BCUT2D eigenvalue weighted by atomic mass is 35.5. The molecule has 1 aliphatic rings. The van der Waals surface area contributed by atoms with Gasteiger partial charge in [0.1, 0.15) is 5.78 Å². The Morgan fingerprint density at radius 3 is 2.72 bits per heavy atom. The number of methoxy groups -OCH3 is 1. The number of rotatable bonds is 6. The number of benzene rings is 1. The first-order chi connectivity index (χ1) is 8.61. The fourth-order valence-corrected chi connectivity index (χ4v) is 2.02. The van der Waals surface area contributed by atoms with Gasteiger partial charge in [0, 0.05) is 17.0 Å². The van der Waals surface area contributed by atoms with Gasteiger partial charge in [0.2, 0.25) is 0 Å². The van der Waals surface area contributed by atoms with Crippen LogP contribution in [0.2, 0.25) is 5.02 Å². The summed E-state index contributed by atoms with van der Waals surface area (Å²) in [5.41, 5.74) is 0.726. The van der Waals surface area contributed by atoms with Gasteiger partial charge in [-0.15, -0.1) is 0 Å². The van der Waals surface area contributed by atoms with Gasteiger partial charge in [-0.25, -0.2) is 0 Å². The molecule has 0 atom stereocenters. The fraction of sp³-hybridized carbons (Fsp3) is 0.500. The molecule has 0 amide bonds. The van der Waals surface area contributed by atoms with Crippen LogP contribution in [0.3, 0.4) is 0 Å². The summed E-state index contributed by atoms with van der Waals surface area (Å²) in [6.45, 7) is 2.21. The van der Waals surface area contributed by atoms with Crippen molar-refractivity contribution in [1.82, 2.24) is 0 Å². The van der Waals surface area contributed by atoms with Crippen LogP contribution in [-0.2, 0) is 11.2 Å². The molecule has 2 rings (SSSR count). The summed E-state index contributed by atoms with van der Waals surface area (Å²) in [7, 11) is 1.59. The average molecular weight is 269 g/mol. The van der Waals surface area contributed by atoms with E-state index in [9.17, 15) is 4.79 Å². The van der Waals surface area contributed by atoms with Crippen LogP contribution in [0.4, 0.5) is 0 Å². The van der Waals surface area contributed by atoms with Crippen molar-refractivity contribution in [3.8, 4) is 11.5 Å². The zero-order valence-electron chi connectivity index (χ0n) is 10.7. The highest BCUT2D eigenvalue weighted by Crippen LogP contribution is 2.38. The minimum atomic E-state index is 0.0569.